The van der Waals surface area contributed by atoms with E-state index in [0.29, 0.717) is 26.7 Å². The van der Waals surface area contributed by atoms with Crippen LogP contribution in [0.15, 0.2) is 34.8 Å². The predicted octanol–water partition coefficient (Wildman–Crippen LogP) is 3.76. The van der Waals surface area contributed by atoms with Crippen molar-refractivity contribution >= 4 is 44.3 Å². The van der Waals surface area contributed by atoms with Crippen molar-refractivity contribution in [3.63, 3.8) is 0 Å². The number of anilines is 1. The Hall–Kier alpha value is -1.79. The highest BCUT2D eigenvalue weighted by molar-refractivity contribution is 9.10. The highest BCUT2D eigenvalue weighted by atomic mass is 79.9. The fourth-order valence-corrected chi connectivity index (χ4v) is 2.82. The van der Waals surface area contributed by atoms with Crippen LogP contribution in [0.1, 0.15) is 0 Å². The lowest BCUT2D eigenvalue weighted by molar-refractivity contribution is 0.480. The molecule has 0 aliphatic heterocycles. The van der Waals surface area contributed by atoms with Crippen molar-refractivity contribution < 1.29 is 4.74 Å². The number of hydrogen-bond acceptors (Lipinski definition) is 4. The molecule has 2 N–H and O–H groups in total. The van der Waals surface area contributed by atoms with Gasteiger partial charge in [0.05, 0.1) is 15.0 Å². The molecule has 0 fully saturated rings. The standard InChI is InChI=1S/C13H10BrClN4O/c1-19-12-3-2-8(6-11(12)17-18-19)20-13-9(14)4-7(16)5-10(13)15/h2-6H,16H2,1H3. The van der Waals surface area contributed by atoms with Crippen LogP contribution in [0.25, 0.3) is 11.0 Å². The van der Waals surface area contributed by atoms with Crippen molar-refractivity contribution in [3.8, 4) is 11.5 Å². The highest BCUT2D eigenvalue weighted by Gasteiger charge is 2.11. The molecule has 3 rings (SSSR count). The summed E-state index contributed by atoms with van der Waals surface area (Å²) < 4.78 is 8.20. The average molecular weight is 354 g/mol. The Balaban J connectivity index is 2.01. The first-order chi connectivity index (χ1) is 9.54. The maximum Gasteiger partial charge on any atom is 0.160 e. The second-order valence-electron chi connectivity index (χ2n) is 4.28. The van der Waals surface area contributed by atoms with Gasteiger partial charge in [-0.1, -0.05) is 16.8 Å². The monoisotopic (exact) mass is 352 g/mol. The Morgan fingerprint density at radius 2 is 2.10 bits per heavy atom. The van der Waals surface area contributed by atoms with Gasteiger partial charge in [-0.15, -0.1) is 5.10 Å². The van der Waals surface area contributed by atoms with Gasteiger partial charge < -0.3 is 10.5 Å². The Morgan fingerprint density at radius 3 is 2.85 bits per heavy atom. The SMILES string of the molecule is Cn1nnc2cc(Oc3c(Cl)cc(N)cc3Br)ccc21. The van der Waals surface area contributed by atoms with Gasteiger partial charge in [-0.3, -0.25) is 0 Å². The molecule has 20 heavy (non-hydrogen) atoms. The first-order valence-corrected chi connectivity index (χ1v) is 6.93. The third-order valence-electron chi connectivity index (χ3n) is 2.82. The zero-order valence-corrected chi connectivity index (χ0v) is 12.8. The van der Waals surface area contributed by atoms with Crippen LogP contribution in [0.5, 0.6) is 11.5 Å². The topological polar surface area (TPSA) is 66.0 Å². The summed E-state index contributed by atoms with van der Waals surface area (Å²) in [6.07, 6.45) is 0. The van der Waals surface area contributed by atoms with E-state index in [2.05, 4.69) is 26.2 Å². The first-order valence-electron chi connectivity index (χ1n) is 5.76. The summed E-state index contributed by atoms with van der Waals surface area (Å²) in [6, 6.07) is 8.92. The van der Waals surface area contributed by atoms with Gasteiger partial charge in [0.2, 0.25) is 0 Å². The lowest BCUT2D eigenvalue weighted by Crippen LogP contribution is -1.91. The van der Waals surface area contributed by atoms with E-state index in [1.807, 2.05) is 25.2 Å². The molecular weight excluding hydrogens is 344 g/mol. The molecule has 1 heterocycles. The average Bonchev–Trinajstić information content (AvgIpc) is 2.75. The Morgan fingerprint density at radius 1 is 1.30 bits per heavy atom. The number of nitrogen functional groups attached to an aromatic ring is 1. The van der Waals surface area contributed by atoms with Crippen LogP contribution in [0.4, 0.5) is 5.69 Å². The minimum Gasteiger partial charge on any atom is -0.455 e. The van der Waals surface area contributed by atoms with Crippen molar-refractivity contribution in [1.82, 2.24) is 15.0 Å². The molecule has 0 saturated heterocycles. The van der Waals surface area contributed by atoms with Crippen molar-refractivity contribution in [2.75, 3.05) is 5.73 Å². The van der Waals surface area contributed by atoms with E-state index in [1.54, 1.807) is 16.8 Å². The summed E-state index contributed by atoms with van der Waals surface area (Å²) in [5.74, 6) is 1.15. The van der Waals surface area contributed by atoms with Crippen molar-refractivity contribution in [2.24, 2.45) is 7.05 Å². The maximum atomic E-state index is 6.14. The molecule has 5 nitrogen and oxygen atoms in total. The van der Waals surface area contributed by atoms with Gasteiger partial charge >= 0.3 is 0 Å². The molecule has 102 valence electrons. The number of nitrogens with two attached hydrogens (primary N) is 1. The lowest BCUT2D eigenvalue weighted by atomic mass is 10.3. The van der Waals surface area contributed by atoms with Gasteiger partial charge in [-0.05, 0) is 40.2 Å². The quantitative estimate of drug-likeness (QED) is 0.712. The molecule has 1 aromatic heterocycles. The smallest absolute Gasteiger partial charge is 0.160 e. The van der Waals surface area contributed by atoms with E-state index < -0.39 is 0 Å². The number of fused-ring (bicyclic) bond motifs is 1. The molecule has 0 unspecified atom stereocenters. The van der Waals surface area contributed by atoms with Crippen LogP contribution in [0.3, 0.4) is 0 Å². The van der Waals surface area contributed by atoms with E-state index in [1.165, 1.54) is 0 Å². The number of nitrogens with zero attached hydrogens (tertiary/aromatic N) is 3. The van der Waals surface area contributed by atoms with E-state index in [4.69, 9.17) is 22.1 Å². The second kappa shape index (κ2) is 4.96. The highest BCUT2D eigenvalue weighted by Crippen LogP contribution is 2.38. The molecule has 0 amide bonds. The van der Waals surface area contributed by atoms with Crippen molar-refractivity contribution in [2.45, 2.75) is 0 Å². The zero-order valence-electron chi connectivity index (χ0n) is 10.5. The molecule has 0 spiro atoms. The van der Waals surface area contributed by atoms with E-state index >= 15 is 0 Å². The molecule has 2 aromatic carbocycles. The Labute approximate surface area is 128 Å². The van der Waals surface area contributed by atoms with E-state index in [9.17, 15) is 0 Å². The lowest BCUT2D eigenvalue weighted by Gasteiger charge is -2.10. The van der Waals surface area contributed by atoms with Crippen LogP contribution in [0, 0.1) is 0 Å². The van der Waals surface area contributed by atoms with E-state index in [-0.39, 0.29) is 0 Å². The molecule has 0 bridgehead atoms. The summed E-state index contributed by atoms with van der Waals surface area (Å²) >= 11 is 9.53. The van der Waals surface area contributed by atoms with Gasteiger partial charge in [-0.25, -0.2) is 4.68 Å². The molecule has 7 heteroatoms. The summed E-state index contributed by atoms with van der Waals surface area (Å²) in [7, 11) is 1.84. The fourth-order valence-electron chi connectivity index (χ4n) is 1.88. The van der Waals surface area contributed by atoms with Gasteiger partial charge in [0.15, 0.2) is 5.75 Å². The van der Waals surface area contributed by atoms with Crippen LogP contribution in [0.2, 0.25) is 5.02 Å². The van der Waals surface area contributed by atoms with Gasteiger partial charge in [-0.2, -0.15) is 0 Å². The van der Waals surface area contributed by atoms with Crippen LogP contribution in [-0.2, 0) is 7.05 Å². The van der Waals surface area contributed by atoms with E-state index in [0.717, 1.165) is 11.0 Å². The number of rotatable bonds is 2. The molecule has 0 radical (unpaired) electrons. The number of hydrogen-bond donors (Lipinski definition) is 1. The maximum absolute atomic E-state index is 6.14. The minimum absolute atomic E-state index is 0.441. The van der Waals surface area contributed by atoms with Crippen LogP contribution < -0.4 is 10.5 Å². The van der Waals surface area contributed by atoms with Gasteiger partial charge in [0.1, 0.15) is 11.3 Å². The number of ether oxygens (including phenoxy) is 1. The zero-order chi connectivity index (χ0) is 14.3. The van der Waals surface area contributed by atoms with Crippen molar-refractivity contribution in [3.05, 3.63) is 39.8 Å². The Kier molecular flexibility index (Phi) is 3.27. The molecular formula is C13H10BrClN4O. The largest absolute Gasteiger partial charge is 0.455 e. The van der Waals surface area contributed by atoms with Crippen LogP contribution >= 0.6 is 27.5 Å². The van der Waals surface area contributed by atoms with Crippen molar-refractivity contribution in [1.29, 1.82) is 0 Å². The Bertz CT molecular complexity index is 779. The second-order valence-corrected chi connectivity index (χ2v) is 5.54. The third-order valence-corrected chi connectivity index (χ3v) is 3.69. The molecule has 0 aliphatic carbocycles. The summed E-state index contributed by atoms with van der Waals surface area (Å²) in [6.45, 7) is 0. The van der Waals surface area contributed by atoms with Crippen LogP contribution in [-0.4, -0.2) is 15.0 Å². The first kappa shape index (κ1) is 13.2. The minimum atomic E-state index is 0.441. The van der Waals surface area contributed by atoms with Gasteiger partial charge in [0, 0.05) is 18.8 Å². The summed E-state index contributed by atoms with van der Waals surface area (Å²) in [4.78, 5) is 0. The molecule has 3 aromatic rings. The number of aromatic nitrogens is 3. The molecule has 0 atom stereocenters. The van der Waals surface area contributed by atoms with Gasteiger partial charge in [0.25, 0.3) is 0 Å². The summed E-state index contributed by atoms with van der Waals surface area (Å²) in [5, 5.41) is 8.44. The number of halogens is 2. The molecule has 0 saturated carbocycles. The summed E-state index contributed by atoms with van der Waals surface area (Å²) in [5.41, 5.74) is 7.96. The fraction of sp³-hybridized carbons (Fsp3) is 0.0769. The predicted molar refractivity (Wildman–Crippen MR) is 82.1 cm³/mol. The number of aryl methyl sites for hydroxylation is 1. The number of benzene rings is 2. The third kappa shape index (κ3) is 2.32. The normalized spacial score (nSPS) is 10.9. The molecule has 0 aliphatic rings.